The topological polar surface area (TPSA) is 74.0 Å². The maximum absolute atomic E-state index is 12.6. The second-order valence-corrected chi connectivity index (χ2v) is 8.00. The van der Waals surface area contributed by atoms with Crippen LogP contribution in [0.15, 0.2) is 24.3 Å². The molecule has 1 unspecified atom stereocenters. The van der Waals surface area contributed by atoms with E-state index in [-0.39, 0.29) is 11.8 Å². The number of carbonyl (C=O) groups is 2. The Kier molecular flexibility index (Phi) is 9.44. The molecule has 1 aromatic carbocycles. The number of hydrogen-bond acceptors (Lipinski definition) is 2. The van der Waals surface area contributed by atoms with E-state index in [4.69, 9.17) is 11.6 Å². The fourth-order valence-corrected chi connectivity index (χ4v) is 3.93. The van der Waals surface area contributed by atoms with Crippen molar-refractivity contribution in [2.45, 2.75) is 66.3 Å². The number of aromatic nitrogens is 1. The number of hydrogen-bond donors (Lipinski definition) is 3. The normalized spacial score (nSPS) is 16.6. The minimum atomic E-state index is 0.0263. The summed E-state index contributed by atoms with van der Waals surface area (Å²) in [6.07, 6.45) is 4.66. The van der Waals surface area contributed by atoms with E-state index in [9.17, 15) is 9.59 Å². The van der Waals surface area contributed by atoms with Gasteiger partial charge in [-0.15, -0.1) is 0 Å². The summed E-state index contributed by atoms with van der Waals surface area (Å²) < 4.78 is 0. The number of nitrogens with one attached hydrogen (secondary N) is 3. The molecule has 3 N–H and O–H groups in total. The van der Waals surface area contributed by atoms with E-state index in [1.165, 1.54) is 11.3 Å². The molecule has 1 aromatic heterocycles. The first-order valence-electron chi connectivity index (χ1n) is 11.0. The van der Waals surface area contributed by atoms with Crippen molar-refractivity contribution in [3.05, 3.63) is 57.4 Å². The summed E-state index contributed by atoms with van der Waals surface area (Å²) in [6.45, 7) is 9.72. The van der Waals surface area contributed by atoms with Crippen LogP contribution in [-0.2, 0) is 30.6 Å². The lowest BCUT2D eigenvalue weighted by molar-refractivity contribution is -0.119. The predicted molar refractivity (Wildman–Crippen MR) is 123 cm³/mol. The highest BCUT2D eigenvalue weighted by atomic mass is 35.5. The molecule has 0 radical (unpaired) electrons. The molecule has 2 amide bonds. The molecule has 30 heavy (non-hydrogen) atoms. The molecule has 4 rings (SSSR count). The zero-order chi connectivity index (χ0) is 22.1. The Hall–Kier alpha value is -2.27. The monoisotopic (exact) mass is 431 g/mol. The predicted octanol–water partition coefficient (Wildman–Crippen LogP) is 4.82. The van der Waals surface area contributed by atoms with Crippen LogP contribution in [0.25, 0.3) is 0 Å². The number of halogens is 1. The van der Waals surface area contributed by atoms with Crippen LogP contribution in [0.1, 0.15) is 73.4 Å². The van der Waals surface area contributed by atoms with Crippen molar-refractivity contribution < 1.29 is 9.59 Å². The van der Waals surface area contributed by atoms with Crippen LogP contribution < -0.4 is 10.6 Å². The van der Waals surface area contributed by atoms with E-state index in [1.807, 2.05) is 38.1 Å². The van der Waals surface area contributed by atoms with Gasteiger partial charge in [-0.05, 0) is 54.9 Å². The number of fused-ring (bicyclic) bond motifs is 1. The van der Waals surface area contributed by atoms with Crippen molar-refractivity contribution in [2.75, 3.05) is 6.54 Å². The standard InChI is InChI=1S/C18H21ClN2O.C4H7NO.C2H6/c1-3-15-17(14-8-11(2)9-16(14)21-15)18(22)20-10-12-4-6-13(19)7-5-12;6-4-2-1-3-5-4;1-2/h4-7,11,21H,3,8-10H2,1-2H3,(H,20,22);1-3H2,(H,5,6);1-2H3. The zero-order valence-electron chi connectivity index (χ0n) is 18.5. The van der Waals surface area contributed by atoms with Gasteiger partial charge in [0.2, 0.25) is 5.91 Å². The molecule has 164 valence electrons. The third-order valence-electron chi connectivity index (χ3n) is 5.22. The van der Waals surface area contributed by atoms with E-state index in [2.05, 4.69) is 29.5 Å². The van der Waals surface area contributed by atoms with Crippen molar-refractivity contribution >= 4 is 23.4 Å². The number of H-pyrrole nitrogens is 1. The van der Waals surface area contributed by atoms with Gasteiger partial charge < -0.3 is 15.6 Å². The Morgan fingerprint density at radius 2 is 1.90 bits per heavy atom. The van der Waals surface area contributed by atoms with Crippen LogP contribution in [0.2, 0.25) is 5.02 Å². The smallest absolute Gasteiger partial charge is 0.253 e. The Morgan fingerprint density at radius 3 is 2.43 bits per heavy atom. The lowest BCUT2D eigenvalue weighted by Gasteiger charge is -2.09. The Morgan fingerprint density at radius 1 is 1.20 bits per heavy atom. The van der Waals surface area contributed by atoms with Crippen molar-refractivity contribution in [3.63, 3.8) is 0 Å². The number of carbonyl (C=O) groups excluding carboxylic acids is 2. The highest BCUT2D eigenvalue weighted by molar-refractivity contribution is 6.30. The molecule has 1 aliphatic carbocycles. The number of rotatable bonds is 4. The van der Waals surface area contributed by atoms with Crippen LogP contribution in [0.3, 0.4) is 0 Å². The van der Waals surface area contributed by atoms with Crippen molar-refractivity contribution in [2.24, 2.45) is 5.92 Å². The molecule has 2 heterocycles. The van der Waals surface area contributed by atoms with Crippen molar-refractivity contribution in [3.8, 4) is 0 Å². The van der Waals surface area contributed by atoms with Gasteiger partial charge >= 0.3 is 0 Å². The largest absolute Gasteiger partial charge is 0.361 e. The highest BCUT2D eigenvalue weighted by Crippen LogP contribution is 2.31. The summed E-state index contributed by atoms with van der Waals surface area (Å²) in [4.78, 5) is 26.2. The maximum atomic E-state index is 12.6. The van der Waals surface area contributed by atoms with Gasteiger partial charge in [0.05, 0.1) is 5.56 Å². The molecule has 0 spiro atoms. The molecule has 1 fully saturated rings. The van der Waals surface area contributed by atoms with Crippen LogP contribution in [0.4, 0.5) is 0 Å². The minimum absolute atomic E-state index is 0.0263. The molecule has 0 saturated carbocycles. The summed E-state index contributed by atoms with van der Waals surface area (Å²) in [7, 11) is 0. The second kappa shape index (κ2) is 11.8. The molecule has 0 bridgehead atoms. The average molecular weight is 432 g/mol. The summed E-state index contributed by atoms with van der Waals surface area (Å²) >= 11 is 5.88. The lowest BCUT2D eigenvalue weighted by Crippen LogP contribution is -2.24. The first kappa shape index (κ1) is 24.0. The Balaban J connectivity index is 0.000000340. The van der Waals surface area contributed by atoms with Gasteiger partial charge in [-0.3, -0.25) is 9.59 Å². The second-order valence-electron chi connectivity index (χ2n) is 7.57. The molecule has 5 nitrogen and oxygen atoms in total. The number of aromatic amines is 1. The Bertz CT molecular complexity index is 835. The first-order chi connectivity index (χ1) is 14.5. The van der Waals surface area contributed by atoms with Gasteiger partial charge in [0.1, 0.15) is 0 Å². The molecule has 2 aromatic rings. The van der Waals surface area contributed by atoms with Crippen LogP contribution in [-0.4, -0.2) is 23.3 Å². The molecule has 6 heteroatoms. The number of aryl methyl sites for hydroxylation is 1. The van der Waals surface area contributed by atoms with Gasteiger partial charge in [-0.25, -0.2) is 0 Å². The van der Waals surface area contributed by atoms with Crippen LogP contribution in [0, 0.1) is 5.92 Å². The van der Waals surface area contributed by atoms with Crippen molar-refractivity contribution in [1.82, 2.24) is 15.6 Å². The third-order valence-corrected chi connectivity index (χ3v) is 5.48. The van der Waals surface area contributed by atoms with Gasteiger partial charge in [-0.2, -0.15) is 0 Å². The maximum Gasteiger partial charge on any atom is 0.253 e. The lowest BCUT2D eigenvalue weighted by atomic mass is 10.0. The number of amides is 2. The van der Waals surface area contributed by atoms with E-state index in [0.29, 0.717) is 17.5 Å². The quantitative estimate of drug-likeness (QED) is 0.649. The van der Waals surface area contributed by atoms with E-state index < -0.39 is 0 Å². The fraction of sp³-hybridized carbons (Fsp3) is 0.500. The first-order valence-corrected chi connectivity index (χ1v) is 11.4. The summed E-state index contributed by atoms with van der Waals surface area (Å²) in [5.74, 6) is 0.850. The SMILES string of the molecule is CC.CCc1[nH]c2c(c1C(=O)NCc1ccc(Cl)cc1)CC(C)C2.O=C1CCCN1. The minimum Gasteiger partial charge on any atom is -0.361 e. The Labute approximate surface area is 185 Å². The van der Waals surface area contributed by atoms with Crippen molar-refractivity contribution in [1.29, 1.82) is 0 Å². The van der Waals surface area contributed by atoms with E-state index >= 15 is 0 Å². The highest BCUT2D eigenvalue weighted by Gasteiger charge is 2.28. The van der Waals surface area contributed by atoms with E-state index in [1.54, 1.807) is 0 Å². The molecular weight excluding hydrogens is 398 g/mol. The molecular formula is C24H34ClN3O2. The fourth-order valence-electron chi connectivity index (χ4n) is 3.80. The van der Waals surface area contributed by atoms with Gasteiger partial charge in [-0.1, -0.05) is 51.4 Å². The molecule has 1 aliphatic heterocycles. The van der Waals surface area contributed by atoms with Gasteiger partial charge in [0, 0.05) is 35.9 Å². The molecule has 2 aliphatic rings. The van der Waals surface area contributed by atoms with E-state index in [0.717, 1.165) is 55.5 Å². The average Bonchev–Trinajstić information content (AvgIpc) is 3.45. The van der Waals surface area contributed by atoms with Crippen LogP contribution in [0.5, 0.6) is 0 Å². The van der Waals surface area contributed by atoms with Crippen LogP contribution >= 0.6 is 11.6 Å². The summed E-state index contributed by atoms with van der Waals surface area (Å²) in [6, 6.07) is 7.56. The van der Waals surface area contributed by atoms with Gasteiger partial charge in [0.15, 0.2) is 0 Å². The molecule has 1 atom stereocenters. The summed E-state index contributed by atoms with van der Waals surface area (Å²) in [5, 5.41) is 6.43. The summed E-state index contributed by atoms with van der Waals surface area (Å²) in [5.41, 5.74) is 5.46. The van der Waals surface area contributed by atoms with Gasteiger partial charge in [0.25, 0.3) is 5.91 Å². The number of benzene rings is 1. The third kappa shape index (κ3) is 6.36. The molecule has 1 saturated heterocycles. The zero-order valence-corrected chi connectivity index (χ0v) is 19.3.